The van der Waals surface area contributed by atoms with Crippen molar-refractivity contribution in [2.75, 3.05) is 0 Å². The van der Waals surface area contributed by atoms with Crippen molar-refractivity contribution < 1.29 is 17.7 Å². The molecule has 0 aliphatic rings. The van der Waals surface area contributed by atoms with Crippen LogP contribution in [0.25, 0.3) is 0 Å². The van der Waals surface area contributed by atoms with Gasteiger partial charge in [0.2, 0.25) is 0 Å². The molecule has 1 atom stereocenters. The van der Waals surface area contributed by atoms with E-state index in [1.165, 1.54) is 12.1 Å². The van der Waals surface area contributed by atoms with Crippen LogP contribution in [0.1, 0.15) is 36.8 Å². The summed E-state index contributed by atoms with van der Waals surface area (Å²) in [6, 6.07) is 7.95. The first-order valence-corrected chi connectivity index (χ1v) is 8.49. The van der Waals surface area contributed by atoms with Crippen LogP contribution in [0.5, 0.6) is 0 Å². The Kier molecular flexibility index (Phi) is 4.92. The fraction of sp³-hybridized carbons (Fsp3) is 0.357. The number of nitrogens with zero attached hydrogens (tertiary/aromatic N) is 2. The second-order valence-corrected chi connectivity index (χ2v) is 6.86. The predicted molar refractivity (Wildman–Crippen MR) is 78.8 cm³/mol. The lowest BCUT2D eigenvalue weighted by Crippen LogP contribution is -2.32. The molecule has 118 valence electrons. The molecule has 1 aromatic heterocycles. The summed E-state index contributed by atoms with van der Waals surface area (Å²) < 4.78 is 29.2. The van der Waals surface area contributed by atoms with E-state index in [2.05, 4.69) is 15.5 Å². The first-order valence-electron chi connectivity index (χ1n) is 6.83. The molecule has 0 spiro atoms. The Morgan fingerprint density at radius 1 is 1.32 bits per heavy atom. The van der Waals surface area contributed by atoms with Gasteiger partial charge >= 0.3 is 11.8 Å². The molecule has 2 aromatic rings. The van der Waals surface area contributed by atoms with Crippen LogP contribution in [0.2, 0.25) is 0 Å². The first-order chi connectivity index (χ1) is 10.4. The van der Waals surface area contributed by atoms with Gasteiger partial charge in [0.1, 0.15) is 5.75 Å². The van der Waals surface area contributed by atoms with E-state index in [4.69, 9.17) is 4.52 Å². The van der Waals surface area contributed by atoms with Gasteiger partial charge in [-0.2, -0.15) is 4.98 Å². The highest BCUT2D eigenvalue weighted by Crippen LogP contribution is 2.14. The summed E-state index contributed by atoms with van der Waals surface area (Å²) in [6.45, 7) is 3.77. The van der Waals surface area contributed by atoms with Gasteiger partial charge in [-0.1, -0.05) is 30.3 Å². The average molecular weight is 323 g/mol. The van der Waals surface area contributed by atoms with Gasteiger partial charge in [-0.15, -0.1) is 0 Å². The minimum atomic E-state index is -3.57. The van der Waals surface area contributed by atoms with Crippen LogP contribution in [0.3, 0.4) is 0 Å². The minimum absolute atomic E-state index is 0.0316. The molecular formula is C14H17N3O4S. The normalized spacial score (nSPS) is 12.8. The Hall–Kier alpha value is -2.22. The van der Waals surface area contributed by atoms with E-state index < -0.39 is 21.5 Å². The topological polar surface area (TPSA) is 102 Å². The Labute approximate surface area is 128 Å². The molecule has 7 nitrogen and oxygen atoms in total. The number of amides is 1. The van der Waals surface area contributed by atoms with Crippen molar-refractivity contribution in [3.8, 4) is 0 Å². The van der Waals surface area contributed by atoms with Crippen molar-refractivity contribution in [2.24, 2.45) is 0 Å². The van der Waals surface area contributed by atoms with Crippen LogP contribution < -0.4 is 5.32 Å². The molecule has 0 bridgehead atoms. The van der Waals surface area contributed by atoms with Crippen LogP contribution in [0, 0.1) is 0 Å². The van der Waals surface area contributed by atoms with Gasteiger partial charge in [-0.3, -0.25) is 4.79 Å². The molecule has 1 amide bonds. The fourth-order valence-corrected chi connectivity index (χ4v) is 2.87. The third kappa shape index (κ3) is 3.91. The summed E-state index contributed by atoms with van der Waals surface area (Å²) >= 11 is 0. The highest BCUT2D eigenvalue weighted by Gasteiger charge is 2.22. The highest BCUT2D eigenvalue weighted by molar-refractivity contribution is 7.90. The quantitative estimate of drug-likeness (QED) is 0.865. The van der Waals surface area contributed by atoms with Crippen LogP contribution in [0.15, 0.2) is 39.8 Å². The SMILES string of the molecule is CC[C@H](C)NC(=O)c1nc(CS(=O)(=O)c2ccccc2)no1. The lowest BCUT2D eigenvalue weighted by molar-refractivity contribution is 0.0895. The number of aromatic nitrogens is 2. The summed E-state index contributed by atoms with van der Waals surface area (Å²) in [6.07, 6.45) is 0.759. The maximum absolute atomic E-state index is 12.2. The van der Waals surface area contributed by atoms with Crippen LogP contribution in [0.4, 0.5) is 0 Å². The minimum Gasteiger partial charge on any atom is -0.345 e. The molecule has 0 saturated heterocycles. The summed E-state index contributed by atoms with van der Waals surface area (Å²) in [7, 11) is -3.57. The molecular weight excluding hydrogens is 306 g/mol. The van der Waals surface area contributed by atoms with E-state index in [0.717, 1.165) is 6.42 Å². The Morgan fingerprint density at radius 3 is 2.64 bits per heavy atom. The van der Waals surface area contributed by atoms with E-state index in [1.54, 1.807) is 18.2 Å². The lowest BCUT2D eigenvalue weighted by Gasteiger charge is -2.07. The molecule has 0 unspecified atom stereocenters. The second-order valence-electron chi connectivity index (χ2n) is 4.87. The number of hydrogen-bond donors (Lipinski definition) is 1. The molecule has 2 rings (SSSR count). The van der Waals surface area contributed by atoms with Crippen molar-refractivity contribution in [1.82, 2.24) is 15.5 Å². The van der Waals surface area contributed by atoms with Gasteiger partial charge in [-0.25, -0.2) is 8.42 Å². The van der Waals surface area contributed by atoms with Crippen molar-refractivity contribution in [3.63, 3.8) is 0 Å². The van der Waals surface area contributed by atoms with Gasteiger partial charge in [0.15, 0.2) is 15.7 Å². The molecule has 1 N–H and O–H groups in total. The van der Waals surface area contributed by atoms with Crippen LogP contribution in [-0.4, -0.2) is 30.5 Å². The van der Waals surface area contributed by atoms with Gasteiger partial charge in [-0.05, 0) is 25.5 Å². The third-order valence-electron chi connectivity index (χ3n) is 3.07. The zero-order valence-electron chi connectivity index (χ0n) is 12.3. The summed E-state index contributed by atoms with van der Waals surface area (Å²) in [5.74, 6) is -1.21. The molecule has 1 heterocycles. The molecule has 22 heavy (non-hydrogen) atoms. The number of sulfone groups is 1. The summed E-state index contributed by atoms with van der Waals surface area (Å²) in [5, 5.41) is 6.22. The standard InChI is InChI=1S/C14H17N3O4S/c1-3-10(2)15-13(18)14-16-12(17-21-14)9-22(19,20)11-7-5-4-6-8-11/h4-8,10H,3,9H2,1-2H3,(H,15,18)/t10-/m0/s1. The molecule has 8 heteroatoms. The van der Waals surface area contributed by atoms with Gasteiger partial charge in [0, 0.05) is 6.04 Å². The fourth-order valence-electron chi connectivity index (χ4n) is 1.67. The number of rotatable bonds is 6. The monoisotopic (exact) mass is 323 g/mol. The molecule has 0 radical (unpaired) electrons. The van der Waals surface area contributed by atoms with Crippen LogP contribution in [-0.2, 0) is 15.6 Å². The largest absolute Gasteiger partial charge is 0.345 e. The van der Waals surface area contributed by atoms with E-state index in [9.17, 15) is 13.2 Å². The molecule has 1 aromatic carbocycles. The van der Waals surface area contributed by atoms with Crippen LogP contribution >= 0.6 is 0 Å². The Morgan fingerprint density at radius 2 is 2.00 bits per heavy atom. The Balaban J connectivity index is 2.11. The molecule has 0 saturated carbocycles. The predicted octanol–water partition coefficient (Wildman–Crippen LogP) is 1.57. The highest BCUT2D eigenvalue weighted by atomic mass is 32.2. The van der Waals surface area contributed by atoms with Crippen molar-refractivity contribution in [3.05, 3.63) is 42.0 Å². The maximum Gasteiger partial charge on any atom is 0.315 e. The lowest BCUT2D eigenvalue weighted by atomic mass is 10.2. The number of benzene rings is 1. The molecule has 0 aliphatic heterocycles. The Bertz CT molecular complexity index is 740. The van der Waals surface area contributed by atoms with E-state index in [1.807, 2.05) is 13.8 Å². The van der Waals surface area contributed by atoms with Crippen molar-refractivity contribution in [1.29, 1.82) is 0 Å². The maximum atomic E-state index is 12.2. The summed E-state index contributed by atoms with van der Waals surface area (Å²) in [5.41, 5.74) is 0. The average Bonchev–Trinajstić information content (AvgIpc) is 2.96. The zero-order valence-corrected chi connectivity index (χ0v) is 13.1. The number of nitrogens with one attached hydrogen (secondary N) is 1. The van der Waals surface area contributed by atoms with E-state index >= 15 is 0 Å². The van der Waals surface area contributed by atoms with Crippen molar-refractivity contribution in [2.45, 2.75) is 37.0 Å². The van der Waals surface area contributed by atoms with Gasteiger partial charge in [0.05, 0.1) is 4.90 Å². The zero-order chi connectivity index (χ0) is 16.2. The molecule has 0 aliphatic carbocycles. The summed E-state index contributed by atoms with van der Waals surface area (Å²) in [4.78, 5) is 15.8. The van der Waals surface area contributed by atoms with Crippen molar-refractivity contribution >= 4 is 15.7 Å². The van der Waals surface area contributed by atoms with E-state index in [-0.39, 0.29) is 22.7 Å². The van der Waals surface area contributed by atoms with Gasteiger partial charge in [0.25, 0.3) is 0 Å². The number of hydrogen-bond acceptors (Lipinski definition) is 6. The second kappa shape index (κ2) is 6.69. The first kappa shape index (κ1) is 16.2. The molecule has 0 fully saturated rings. The van der Waals surface area contributed by atoms with Gasteiger partial charge < -0.3 is 9.84 Å². The smallest absolute Gasteiger partial charge is 0.315 e. The number of carbonyl (C=O) groups excluding carboxylic acids is 1. The van der Waals surface area contributed by atoms with E-state index in [0.29, 0.717) is 0 Å². The number of carbonyl (C=O) groups is 1. The third-order valence-corrected chi connectivity index (χ3v) is 4.70.